The van der Waals surface area contributed by atoms with Crippen LogP contribution in [0.15, 0.2) is 42.5 Å². The number of halogens is 7. The van der Waals surface area contributed by atoms with E-state index in [4.69, 9.17) is 17.3 Å². The van der Waals surface area contributed by atoms with Gasteiger partial charge in [-0.3, -0.25) is 14.4 Å². The molecule has 4 N–H and O–H groups in total. The Morgan fingerprint density at radius 2 is 1.62 bits per heavy atom. The molecule has 42 heavy (non-hydrogen) atoms. The average molecular weight is 619 g/mol. The predicted octanol–water partition coefficient (Wildman–Crippen LogP) is 6.20. The zero-order valence-corrected chi connectivity index (χ0v) is 23.0. The average Bonchev–Trinajstić information content (AvgIpc) is 3.73. The molecule has 1 saturated carbocycles. The predicted molar refractivity (Wildman–Crippen MR) is 144 cm³/mol. The number of nitrogens with one attached hydrogen (secondary N) is 2. The van der Waals surface area contributed by atoms with Crippen LogP contribution in [0.4, 0.5) is 43.4 Å². The molecule has 2 unspecified atom stereocenters. The van der Waals surface area contributed by atoms with Gasteiger partial charge in [0.05, 0.1) is 17.9 Å². The molecule has 3 atom stereocenters. The number of nitrogens with zero attached hydrogens (tertiary/aromatic N) is 1. The maximum atomic E-state index is 13.5. The first-order valence-electron chi connectivity index (χ1n) is 13.3. The van der Waals surface area contributed by atoms with Crippen molar-refractivity contribution in [3.05, 3.63) is 53.1 Å². The molecule has 0 bridgehead atoms. The number of alkyl halides is 6. The zero-order valence-electron chi connectivity index (χ0n) is 22.2. The molecular formula is C28H29ClF6N4O3. The minimum Gasteiger partial charge on any atom is -0.369 e. The van der Waals surface area contributed by atoms with Crippen molar-refractivity contribution in [2.24, 2.45) is 17.6 Å². The number of fused-ring (bicyclic) bond motifs is 1. The third kappa shape index (κ3) is 8.08. The van der Waals surface area contributed by atoms with Crippen LogP contribution >= 0.6 is 11.6 Å². The molecule has 1 aliphatic heterocycles. The number of para-hydroxylation sites is 1. The van der Waals surface area contributed by atoms with Gasteiger partial charge in [0, 0.05) is 35.4 Å². The van der Waals surface area contributed by atoms with Crippen molar-refractivity contribution in [2.45, 2.75) is 62.8 Å². The van der Waals surface area contributed by atoms with E-state index < -0.39 is 73.6 Å². The number of benzene rings is 2. The van der Waals surface area contributed by atoms with Gasteiger partial charge in [0.2, 0.25) is 17.7 Å². The summed E-state index contributed by atoms with van der Waals surface area (Å²) in [5.41, 5.74) is 7.83. The highest BCUT2D eigenvalue weighted by Crippen LogP contribution is 2.48. The first-order valence-corrected chi connectivity index (χ1v) is 13.7. The van der Waals surface area contributed by atoms with Crippen molar-refractivity contribution in [1.82, 2.24) is 5.32 Å². The van der Waals surface area contributed by atoms with Crippen molar-refractivity contribution in [3.8, 4) is 0 Å². The van der Waals surface area contributed by atoms with Crippen LogP contribution in [-0.2, 0) is 14.4 Å². The van der Waals surface area contributed by atoms with Gasteiger partial charge >= 0.3 is 12.4 Å². The molecule has 1 heterocycles. The lowest BCUT2D eigenvalue weighted by Crippen LogP contribution is -2.52. The second-order valence-electron chi connectivity index (χ2n) is 10.6. The van der Waals surface area contributed by atoms with E-state index in [1.807, 2.05) is 12.1 Å². The van der Waals surface area contributed by atoms with Gasteiger partial charge in [0.25, 0.3) is 0 Å². The summed E-state index contributed by atoms with van der Waals surface area (Å²) < 4.78 is 78.2. The van der Waals surface area contributed by atoms with Crippen molar-refractivity contribution < 1.29 is 40.7 Å². The Morgan fingerprint density at radius 1 is 1.00 bits per heavy atom. The summed E-state index contributed by atoms with van der Waals surface area (Å²) in [4.78, 5) is 40.7. The molecule has 4 rings (SSSR count). The number of hydrogen-bond donors (Lipinski definition) is 3. The van der Waals surface area contributed by atoms with E-state index in [1.165, 1.54) is 0 Å². The van der Waals surface area contributed by atoms with E-state index in [0.29, 0.717) is 22.1 Å². The summed E-state index contributed by atoms with van der Waals surface area (Å²) in [6.45, 7) is -0.186. The standard InChI is InChI=1S/C28H29ClF6N4O3/c29-16-3-1-4-17(13-16)39-14-21(26(42)38-23-18(15-7-8-15)5-2-6-22(23)39)37-25(41)20(10-12-28(33,34)35)19(24(36)40)9-11-27(30,31)32/h1-6,13,15,19-21H,7-12,14H2,(H2,36,40)(H,37,41)(H,38,42)/t19?,20?,21-/m0/s1. The third-order valence-corrected chi connectivity index (χ3v) is 7.65. The van der Waals surface area contributed by atoms with Gasteiger partial charge in [-0.05, 0) is 61.4 Å². The van der Waals surface area contributed by atoms with Crippen LogP contribution in [0.25, 0.3) is 0 Å². The van der Waals surface area contributed by atoms with Crippen LogP contribution in [0.1, 0.15) is 50.0 Å². The fourth-order valence-electron chi connectivity index (χ4n) is 5.20. The number of amides is 3. The molecule has 7 nitrogen and oxygen atoms in total. The second-order valence-corrected chi connectivity index (χ2v) is 11.0. The second kappa shape index (κ2) is 12.4. The quantitative estimate of drug-likeness (QED) is 0.276. The SMILES string of the molecule is NC(=O)C(CCC(F)(F)F)C(CCC(F)(F)F)C(=O)N[C@H]1CN(c2cccc(Cl)c2)c2cccc(C3CC3)c2NC1=O. The molecule has 228 valence electrons. The molecule has 0 saturated heterocycles. The summed E-state index contributed by atoms with van der Waals surface area (Å²) in [6.07, 6.45) is -12.7. The Kier molecular flexibility index (Phi) is 9.29. The molecule has 0 spiro atoms. The Balaban J connectivity index is 1.67. The van der Waals surface area contributed by atoms with E-state index in [-0.39, 0.29) is 12.5 Å². The molecule has 3 amide bonds. The number of rotatable bonds is 10. The summed E-state index contributed by atoms with van der Waals surface area (Å²) in [6, 6.07) is 10.8. The molecule has 0 aromatic heterocycles. The molecule has 2 aliphatic rings. The van der Waals surface area contributed by atoms with Crippen molar-refractivity contribution >= 4 is 46.4 Å². The number of carbonyl (C=O) groups is 3. The summed E-state index contributed by atoms with van der Waals surface area (Å²) in [5, 5.41) is 5.62. The van der Waals surface area contributed by atoms with Crippen molar-refractivity contribution in [3.63, 3.8) is 0 Å². The number of anilines is 3. The Bertz CT molecular complexity index is 1330. The lowest BCUT2D eigenvalue weighted by molar-refractivity contribution is -0.152. The topological polar surface area (TPSA) is 105 Å². The molecule has 2 aromatic rings. The fourth-order valence-corrected chi connectivity index (χ4v) is 5.39. The van der Waals surface area contributed by atoms with E-state index in [9.17, 15) is 40.7 Å². The van der Waals surface area contributed by atoms with Crippen LogP contribution < -0.4 is 21.3 Å². The lowest BCUT2D eigenvalue weighted by Gasteiger charge is -2.30. The van der Waals surface area contributed by atoms with E-state index in [1.54, 1.807) is 35.2 Å². The first-order chi connectivity index (χ1) is 19.6. The third-order valence-electron chi connectivity index (χ3n) is 7.41. The normalized spacial score (nSPS) is 18.9. The summed E-state index contributed by atoms with van der Waals surface area (Å²) in [7, 11) is 0. The lowest BCUT2D eigenvalue weighted by atomic mass is 9.83. The monoisotopic (exact) mass is 618 g/mol. The van der Waals surface area contributed by atoms with Gasteiger partial charge in [0.15, 0.2) is 0 Å². The molecule has 0 radical (unpaired) electrons. The van der Waals surface area contributed by atoms with Crippen LogP contribution in [-0.4, -0.2) is 42.7 Å². The van der Waals surface area contributed by atoms with Gasteiger partial charge in [-0.15, -0.1) is 0 Å². The van der Waals surface area contributed by atoms with Gasteiger partial charge in [-0.1, -0.05) is 29.8 Å². The van der Waals surface area contributed by atoms with Gasteiger partial charge < -0.3 is 21.3 Å². The maximum Gasteiger partial charge on any atom is 0.389 e. The maximum absolute atomic E-state index is 13.5. The van der Waals surface area contributed by atoms with E-state index in [0.717, 1.165) is 18.4 Å². The molecule has 2 aromatic carbocycles. The molecular weight excluding hydrogens is 590 g/mol. The Morgan fingerprint density at radius 3 is 2.19 bits per heavy atom. The molecule has 1 aliphatic carbocycles. The summed E-state index contributed by atoms with van der Waals surface area (Å²) in [5.74, 6) is -6.68. The highest BCUT2D eigenvalue weighted by atomic mass is 35.5. The van der Waals surface area contributed by atoms with Gasteiger partial charge in [-0.25, -0.2) is 0 Å². The fraction of sp³-hybridized carbons (Fsp3) is 0.464. The molecule has 14 heteroatoms. The number of primary amides is 1. The number of carbonyl (C=O) groups excluding carboxylic acids is 3. The van der Waals surface area contributed by atoms with Crippen molar-refractivity contribution in [1.29, 1.82) is 0 Å². The minimum atomic E-state index is -4.76. The number of nitrogens with two attached hydrogens (primary N) is 1. The molecule has 1 fully saturated rings. The van der Waals surface area contributed by atoms with E-state index in [2.05, 4.69) is 10.6 Å². The van der Waals surface area contributed by atoms with Crippen LogP contribution in [0.3, 0.4) is 0 Å². The Labute approximate surface area is 242 Å². The smallest absolute Gasteiger partial charge is 0.369 e. The zero-order chi connectivity index (χ0) is 30.8. The summed E-state index contributed by atoms with van der Waals surface area (Å²) >= 11 is 6.22. The van der Waals surface area contributed by atoms with Gasteiger partial charge in [0.1, 0.15) is 6.04 Å². The van der Waals surface area contributed by atoms with Gasteiger partial charge in [-0.2, -0.15) is 26.3 Å². The number of hydrogen-bond acceptors (Lipinski definition) is 4. The largest absolute Gasteiger partial charge is 0.389 e. The van der Waals surface area contributed by atoms with Crippen LogP contribution in [0.2, 0.25) is 5.02 Å². The van der Waals surface area contributed by atoms with Crippen LogP contribution in [0, 0.1) is 11.8 Å². The van der Waals surface area contributed by atoms with Crippen molar-refractivity contribution in [2.75, 3.05) is 16.8 Å². The highest BCUT2D eigenvalue weighted by Gasteiger charge is 2.41. The minimum absolute atomic E-state index is 0.186. The van der Waals surface area contributed by atoms with E-state index >= 15 is 0 Å². The first kappa shape index (κ1) is 31.5. The Hall–Kier alpha value is -3.48. The van der Waals surface area contributed by atoms with Crippen LogP contribution in [0.5, 0.6) is 0 Å². The highest BCUT2D eigenvalue weighted by molar-refractivity contribution is 6.30.